The number of nitrogens with zero attached hydrogens (tertiary/aromatic N) is 1. The van der Waals surface area contributed by atoms with Gasteiger partial charge in [0.2, 0.25) is 5.91 Å². The molecular weight excluding hydrogens is 348 g/mol. The molecule has 0 saturated heterocycles. The van der Waals surface area contributed by atoms with Crippen molar-refractivity contribution in [3.63, 3.8) is 0 Å². The highest BCUT2D eigenvalue weighted by atomic mass is 16.2. The van der Waals surface area contributed by atoms with E-state index in [1.807, 2.05) is 36.4 Å². The molecule has 1 unspecified atom stereocenters. The van der Waals surface area contributed by atoms with E-state index in [1.54, 1.807) is 4.90 Å². The third kappa shape index (κ3) is 3.05. The van der Waals surface area contributed by atoms with Gasteiger partial charge in [0.15, 0.2) is 0 Å². The molecular formula is C24H24N2O2. The number of rotatable bonds is 5. The van der Waals surface area contributed by atoms with Crippen LogP contribution in [-0.2, 0) is 4.79 Å². The number of benzene rings is 3. The van der Waals surface area contributed by atoms with Crippen LogP contribution in [0.4, 0.5) is 5.69 Å². The van der Waals surface area contributed by atoms with E-state index in [-0.39, 0.29) is 24.4 Å². The third-order valence-corrected chi connectivity index (χ3v) is 5.49. The topological polar surface area (TPSA) is 49.4 Å². The summed E-state index contributed by atoms with van der Waals surface area (Å²) in [5, 5.41) is 5.07. The minimum atomic E-state index is -0.148. The second-order valence-electron chi connectivity index (χ2n) is 7.46. The predicted octanol–water partition coefficient (Wildman–Crippen LogP) is 4.68. The maximum Gasteiger partial charge on any atom is 0.259 e. The van der Waals surface area contributed by atoms with Crippen LogP contribution in [0.3, 0.4) is 0 Å². The van der Waals surface area contributed by atoms with Crippen LogP contribution in [0, 0.1) is 13.8 Å². The highest BCUT2D eigenvalue weighted by Crippen LogP contribution is 2.37. The number of amides is 2. The van der Waals surface area contributed by atoms with Crippen LogP contribution >= 0.6 is 0 Å². The first-order valence-electron chi connectivity index (χ1n) is 9.69. The Morgan fingerprint density at radius 1 is 1.07 bits per heavy atom. The van der Waals surface area contributed by atoms with Crippen molar-refractivity contribution < 1.29 is 9.59 Å². The molecule has 1 aliphatic rings. The number of carbonyl (C=O) groups is 2. The van der Waals surface area contributed by atoms with Gasteiger partial charge in [0, 0.05) is 10.9 Å². The Morgan fingerprint density at radius 2 is 1.82 bits per heavy atom. The molecule has 0 bridgehead atoms. The quantitative estimate of drug-likeness (QED) is 0.707. The van der Waals surface area contributed by atoms with Crippen LogP contribution in [-0.4, -0.2) is 18.4 Å². The summed E-state index contributed by atoms with van der Waals surface area (Å²) in [6.45, 7) is 6.21. The largest absolute Gasteiger partial charge is 0.348 e. The molecule has 0 fully saturated rings. The molecule has 28 heavy (non-hydrogen) atoms. The molecule has 0 aliphatic carbocycles. The molecule has 142 valence electrons. The molecule has 3 aromatic rings. The van der Waals surface area contributed by atoms with Crippen molar-refractivity contribution >= 4 is 28.3 Å². The maximum absolute atomic E-state index is 12.9. The Bertz CT molecular complexity index is 1080. The molecule has 1 heterocycles. The Balaban J connectivity index is 1.56. The van der Waals surface area contributed by atoms with Crippen LogP contribution in [0.25, 0.3) is 10.8 Å². The summed E-state index contributed by atoms with van der Waals surface area (Å²) in [6, 6.07) is 17.7. The zero-order valence-corrected chi connectivity index (χ0v) is 16.5. The Kier molecular flexibility index (Phi) is 4.63. The van der Waals surface area contributed by atoms with Gasteiger partial charge in [-0.05, 0) is 48.9 Å². The molecule has 2 amide bonds. The molecule has 0 spiro atoms. The second kappa shape index (κ2) is 7.12. The number of aryl methyl sites for hydroxylation is 2. The summed E-state index contributed by atoms with van der Waals surface area (Å²) in [5.41, 5.74) is 4.98. The Hall–Kier alpha value is -3.14. The lowest BCUT2D eigenvalue weighted by Gasteiger charge is -2.23. The van der Waals surface area contributed by atoms with E-state index in [0.717, 1.165) is 28.4 Å². The fourth-order valence-corrected chi connectivity index (χ4v) is 4.14. The molecule has 4 nitrogen and oxygen atoms in total. The van der Waals surface area contributed by atoms with E-state index in [4.69, 9.17) is 0 Å². The van der Waals surface area contributed by atoms with E-state index in [1.165, 1.54) is 11.1 Å². The predicted molar refractivity (Wildman–Crippen MR) is 113 cm³/mol. The van der Waals surface area contributed by atoms with Gasteiger partial charge in [0.25, 0.3) is 5.91 Å². The van der Waals surface area contributed by atoms with Crippen molar-refractivity contribution in [3.05, 3.63) is 76.9 Å². The molecule has 0 saturated carbocycles. The highest BCUT2D eigenvalue weighted by Gasteiger charge is 2.31. The van der Waals surface area contributed by atoms with E-state index < -0.39 is 0 Å². The zero-order valence-electron chi connectivity index (χ0n) is 16.5. The van der Waals surface area contributed by atoms with Gasteiger partial charge in [-0.25, -0.2) is 0 Å². The van der Waals surface area contributed by atoms with E-state index >= 15 is 0 Å². The summed E-state index contributed by atoms with van der Waals surface area (Å²) in [5.74, 6) is -0.258. The lowest BCUT2D eigenvalue weighted by atomic mass is 9.97. The minimum absolute atomic E-state index is 0.0219. The van der Waals surface area contributed by atoms with Gasteiger partial charge in [-0.15, -0.1) is 0 Å². The van der Waals surface area contributed by atoms with Crippen molar-refractivity contribution in [1.29, 1.82) is 0 Å². The van der Waals surface area contributed by atoms with Crippen LogP contribution < -0.4 is 10.2 Å². The number of nitrogens with one attached hydrogen (secondary N) is 1. The van der Waals surface area contributed by atoms with Gasteiger partial charge in [0.1, 0.15) is 6.54 Å². The molecule has 0 radical (unpaired) electrons. The van der Waals surface area contributed by atoms with E-state index in [2.05, 4.69) is 44.3 Å². The monoisotopic (exact) mass is 372 g/mol. The van der Waals surface area contributed by atoms with Gasteiger partial charge in [0.05, 0.1) is 11.7 Å². The lowest BCUT2D eigenvalue weighted by Crippen LogP contribution is -2.40. The standard InChI is InChI=1S/C24H24N2O2/c1-4-20(18-12-11-15(2)13-16(18)3)25-22(27)14-26-21-10-6-8-17-7-5-9-19(23(17)21)24(26)28/h5-13,20H,4,14H2,1-3H3,(H,25,27). The van der Waals surface area contributed by atoms with Crippen molar-refractivity contribution in [2.75, 3.05) is 11.4 Å². The lowest BCUT2D eigenvalue weighted by molar-refractivity contribution is -0.120. The van der Waals surface area contributed by atoms with Gasteiger partial charge in [-0.3, -0.25) is 14.5 Å². The zero-order chi connectivity index (χ0) is 19.8. The van der Waals surface area contributed by atoms with Crippen molar-refractivity contribution in [2.45, 2.75) is 33.2 Å². The Morgan fingerprint density at radius 3 is 2.54 bits per heavy atom. The summed E-state index contributed by atoms with van der Waals surface area (Å²) < 4.78 is 0. The molecule has 4 heteroatoms. The van der Waals surface area contributed by atoms with Crippen molar-refractivity contribution in [2.24, 2.45) is 0 Å². The average Bonchev–Trinajstić information content (AvgIpc) is 2.95. The van der Waals surface area contributed by atoms with Gasteiger partial charge >= 0.3 is 0 Å². The number of hydrogen-bond acceptors (Lipinski definition) is 2. The first kappa shape index (κ1) is 18.2. The summed E-state index contributed by atoms with van der Waals surface area (Å²) in [6.07, 6.45) is 0.791. The molecule has 1 aliphatic heterocycles. The minimum Gasteiger partial charge on any atom is -0.348 e. The summed E-state index contributed by atoms with van der Waals surface area (Å²) in [7, 11) is 0. The highest BCUT2D eigenvalue weighted by molar-refractivity contribution is 6.26. The van der Waals surface area contributed by atoms with E-state index in [9.17, 15) is 9.59 Å². The normalized spacial score (nSPS) is 13.8. The van der Waals surface area contributed by atoms with Crippen molar-refractivity contribution in [3.8, 4) is 0 Å². The van der Waals surface area contributed by atoms with Crippen molar-refractivity contribution in [1.82, 2.24) is 5.32 Å². The smallest absolute Gasteiger partial charge is 0.259 e. The van der Waals surface area contributed by atoms with Crippen LogP contribution in [0.2, 0.25) is 0 Å². The van der Waals surface area contributed by atoms with Gasteiger partial charge in [-0.2, -0.15) is 0 Å². The van der Waals surface area contributed by atoms with Gasteiger partial charge in [-0.1, -0.05) is 55.0 Å². The van der Waals surface area contributed by atoms with Crippen LogP contribution in [0.1, 0.15) is 46.4 Å². The first-order valence-corrected chi connectivity index (χ1v) is 9.69. The summed E-state index contributed by atoms with van der Waals surface area (Å²) >= 11 is 0. The molecule has 0 aromatic heterocycles. The fraction of sp³-hybridized carbons (Fsp3) is 0.250. The number of anilines is 1. The van der Waals surface area contributed by atoms with Crippen LogP contribution in [0.15, 0.2) is 54.6 Å². The summed E-state index contributed by atoms with van der Waals surface area (Å²) in [4.78, 5) is 27.3. The average molecular weight is 372 g/mol. The molecule has 1 atom stereocenters. The number of hydrogen-bond donors (Lipinski definition) is 1. The van der Waals surface area contributed by atoms with Crippen LogP contribution in [0.5, 0.6) is 0 Å². The molecule has 4 rings (SSSR count). The van der Waals surface area contributed by atoms with Gasteiger partial charge < -0.3 is 5.32 Å². The Labute approximate surface area is 165 Å². The maximum atomic E-state index is 12.9. The van der Waals surface area contributed by atoms with E-state index in [0.29, 0.717) is 5.56 Å². The number of carbonyl (C=O) groups excluding carboxylic acids is 2. The third-order valence-electron chi connectivity index (χ3n) is 5.49. The SMILES string of the molecule is CCC(NC(=O)CN1C(=O)c2cccc3cccc1c23)c1ccc(C)cc1C. The molecule has 3 aromatic carbocycles. The first-order chi connectivity index (χ1) is 13.5. The second-order valence-corrected chi connectivity index (χ2v) is 7.46. The fourth-order valence-electron chi connectivity index (χ4n) is 4.14. The molecule has 1 N–H and O–H groups in total.